The van der Waals surface area contributed by atoms with E-state index in [0.29, 0.717) is 0 Å². The zero-order chi connectivity index (χ0) is 11.4. The van der Waals surface area contributed by atoms with Crippen molar-refractivity contribution in [3.8, 4) is 0 Å². The first-order valence-electron chi connectivity index (χ1n) is 4.12. The monoisotopic (exact) mass is 212 g/mol. The lowest BCUT2D eigenvalue weighted by Crippen LogP contribution is -2.15. The Morgan fingerprint density at radius 3 is 2.67 bits per heavy atom. The summed E-state index contributed by atoms with van der Waals surface area (Å²) >= 11 is 0. The number of methoxy groups -OCH3 is 1. The highest BCUT2D eigenvalue weighted by atomic mass is 19.1. The maximum Gasteiger partial charge on any atom is 0.377 e. The van der Waals surface area contributed by atoms with Crippen LogP contribution in [0, 0.1) is 5.82 Å². The zero-order valence-electron chi connectivity index (χ0n) is 7.99. The number of Topliss-reactive ketones (excluding diaryl/α,β-unsaturated/α-hetero) is 1. The summed E-state index contributed by atoms with van der Waals surface area (Å²) in [5.41, 5.74) is -0.290. The predicted octanol–water partition coefficient (Wildman–Crippen LogP) is 1.24. The van der Waals surface area contributed by atoms with Crippen LogP contribution >= 0.6 is 0 Å². The SMILES string of the molecule is COCc1cccc(C(=O)C(=O)O)c1F. The molecule has 0 radical (unpaired) electrons. The molecule has 0 amide bonds. The van der Waals surface area contributed by atoms with E-state index in [1.807, 2.05) is 0 Å². The first-order valence-corrected chi connectivity index (χ1v) is 4.12. The fourth-order valence-corrected chi connectivity index (χ4v) is 1.14. The molecular weight excluding hydrogens is 203 g/mol. The maximum absolute atomic E-state index is 13.5. The van der Waals surface area contributed by atoms with Gasteiger partial charge in [-0.1, -0.05) is 12.1 Å². The van der Waals surface area contributed by atoms with Gasteiger partial charge in [0, 0.05) is 12.7 Å². The molecule has 0 fully saturated rings. The first-order chi connectivity index (χ1) is 7.07. The van der Waals surface area contributed by atoms with Gasteiger partial charge < -0.3 is 9.84 Å². The lowest BCUT2D eigenvalue weighted by atomic mass is 10.1. The number of benzene rings is 1. The molecule has 4 nitrogen and oxygen atoms in total. The molecule has 1 rings (SSSR count). The number of carbonyl (C=O) groups excluding carboxylic acids is 1. The Morgan fingerprint density at radius 2 is 2.13 bits per heavy atom. The van der Waals surface area contributed by atoms with Crippen molar-refractivity contribution >= 4 is 11.8 Å². The van der Waals surface area contributed by atoms with E-state index >= 15 is 0 Å². The van der Waals surface area contributed by atoms with E-state index in [-0.39, 0.29) is 12.2 Å². The van der Waals surface area contributed by atoms with Crippen molar-refractivity contribution < 1.29 is 23.8 Å². The molecule has 0 atom stereocenters. The van der Waals surface area contributed by atoms with E-state index < -0.39 is 23.1 Å². The van der Waals surface area contributed by atoms with Crippen molar-refractivity contribution in [1.29, 1.82) is 0 Å². The molecular formula is C10H9FO4. The van der Waals surface area contributed by atoms with Crippen LogP contribution in [-0.2, 0) is 16.1 Å². The smallest absolute Gasteiger partial charge is 0.377 e. The Bertz CT molecular complexity index is 400. The predicted molar refractivity (Wildman–Crippen MR) is 49.1 cm³/mol. The molecule has 1 N–H and O–H groups in total. The average molecular weight is 212 g/mol. The first kappa shape index (κ1) is 11.3. The lowest BCUT2D eigenvalue weighted by molar-refractivity contribution is -0.131. The Labute approximate surface area is 85.3 Å². The summed E-state index contributed by atoms with van der Waals surface area (Å²) in [5, 5.41) is 8.43. The number of carboxylic acid groups (broad SMARTS) is 1. The third-order valence-electron chi connectivity index (χ3n) is 1.82. The number of ether oxygens (including phenoxy) is 1. The van der Waals surface area contributed by atoms with Crippen molar-refractivity contribution in [3.63, 3.8) is 0 Å². The normalized spacial score (nSPS) is 10.0. The molecule has 0 heterocycles. The van der Waals surface area contributed by atoms with Gasteiger partial charge in [0.1, 0.15) is 5.82 Å². The minimum absolute atomic E-state index is 0.00737. The maximum atomic E-state index is 13.5. The van der Waals surface area contributed by atoms with Crippen LogP contribution in [0.5, 0.6) is 0 Å². The van der Waals surface area contributed by atoms with E-state index in [1.54, 1.807) is 0 Å². The second-order valence-electron chi connectivity index (χ2n) is 2.85. The highest BCUT2D eigenvalue weighted by molar-refractivity contribution is 6.39. The number of aliphatic carboxylic acids is 1. The number of carbonyl (C=O) groups is 2. The molecule has 0 aromatic heterocycles. The molecule has 0 aliphatic rings. The molecule has 0 unspecified atom stereocenters. The molecule has 1 aromatic carbocycles. The second-order valence-corrected chi connectivity index (χ2v) is 2.85. The molecule has 15 heavy (non-hydrogen) atoms. The highest BCUT2D eigenvalue weighted by Gasteiger charge is 2.20. The van der Waals surface area contributed by atoms with E-state index in [9.17, 15) is 14.0 Å². The molecule has 0 aliphatic carbocycles. The van der Waals surface area contributed by atoms with Gasteiger partial charge in [-0.15, -0.1) is 0 Å². The van der Waals surface area contributed by atoms with Crippen LogP contribution in [-0.4, -0.2) is 24.0 Å². The summed E-state index contributed by atoms with van der Waals surface area (Å²) < 4.78 is 18.2. The number of hydrogen-bond acceptors (Lipinski definition) is 3. The minimum Gasteiger partial charge on any atom is -0.475 e. The van der Waals surface area contributed by atoms with Crippen molar-refractivity contribution in [2.75, 3.05) is 7.11 Å². The summed E-state index contributed by atoms with van der Waals surface area (Å²) in [4.78, 5) is 21.4. The minimum atomic E-state index is -1.68. The van der Waals surface area contributed by atoms with Gasteiger partial charge in [-0.2, -0.15) is 0 Å². The van der Waals surface area contributed by atoms with Gasteiger partial charge in [-0.3, -0.25) is 4.79 Å². The Morgan fingerprint density at radius 1 is 1.47 bits per heavy atom. The summed E-state index contributed by atoms with van der Waals surface area (Å²) in [6.45, 7) is -0.00737. The Balaban J connectivity index is 3.14. The van der Waals surface area contributed by atoms with Crippen LogP contribution in [0.2, 0.25) is 0 Å². The highest BCUT2D eigenvalue weighted by Crippen LogP contribution is 2.14. The summed E-state index contributed by atoms with van der Waals surface area (Å²) in [6.07, 6.45) is 0. The van der Waals surface area contributed by atoms with Crippen molar-refractivity contribution in [1.82, 2.24) is 0 Å². The molecule has 0 aliphatic heterocycles. The van der Waals surface area contributed by atoms with Crippen LogP contribution in [0.1, 0.15) is 15.9 Å². The summed E-state index contributed by atoms with van der Waals surface area (Å²) in [7, 11) is 1.38. The van der Waals surface area contributed by atoms with Gasteiger partial charge in [0.15, 0.2) is 0 Å². The number of hydrogen-bond donors (Lipinski definition) is 1. The second kappa shape index (κ2) is 4.65. The Kier molecular flexibility index (Phi) is 3.51. The summed E-state index contributed by atoms with van der Waals surface area (Å²) in [5.74, 6) is -3.78. The molecule has 0 saturated carbocycles. The summed E-state index contributed by atoms with van der Waals surface area (Å²) in [6, 6.07) is 3.97. The number of rotatable bonds is 4. The number of ketones is 1. The fourth-order valence-electron chi connectivity index (χ4n) is 1.14. The van der Waals surface area contributed by atoms with E-state index in [1.165, 1.54) is 19.2 Å². The van der Waals surface area contributed by atoms with Crippen molar-refractivity contribution in [2.24, 2.45) is 0 Å². The topological polar surface area (TPSA) is 63.6 Å². The Hall–Kier alpha value is -1.75. The largest absolute Gasteiger partial charge is 0.475 e. The van der Waals surface area contributed by atoms with Crippen LogP contribution < -0.4 is 0 Å². The van der Waals surface area contributed by atoms with Gasteiger partial charge in [0.2, 0.25) is 0 Å². The standard InChI is InChI=1S/C10H9FO4/c1-15-5-6-3-2-4-7(8(6)11)9(12)10(13)14/h2-4H,5H2,1H3,(H,13,14). The molecule has 5 heteroatoms. The fraction of sp³-hybridized carbons (Fsp3) is 0.200. The number of carboxylic acids is 1. The van der Waals surface area contributed by atoms with E-state index in [2.05, 4.69) is 0 Å². The van der Waals surface area contributed by atoms with Gasteiger partial charge in [-0.05, 0) is 6.07 Å². The van der Waals surface area contributed by atoms with Gasteiger partial charge >= 0.3 is 5.97 Å². The van der Waals surface area contributed by atoms with E-state index in [4.69, 9.17) is 9.84 Å². The zero-order valence-corrected chi connectivity index (χ0v) is 7.99. The van der Waals surface area contributed by atoms with Gasteiger partial charge in [0.25, 0.3) is 5.78 Å². The van der Waals surface area contributed by atoms with E-state index in [0.717, 1.165) is 6.07 Å². The van der Waals surface area contributed by atoms with Crippen LogP contribution in [0.4, 0.5) is 4.39 Å². The van der Waals surface area contributed by atoms with Crippen LogP contribution in [0.3, 0.4) is 0 Å². The van der Waals surface area contributed by atoms with Crippen molar-refractivity contribution in [2.45, 2.75) is 6.61 Å². The lowest BCUT2D eigenvalue weighted by Gasteiger charge is -2.04. The molecule has 1 aromatic rings. The third-order valence-corrected chi connectivity index (χ3v) is 1.82. The molecule has 0 spiro atoms. The average Bonchev–Trinajstić information content (AvgIpc) is 2.20. The van der Waals surface area contributed by atoms with Crippen molar-refractivity contribution in [3.05, 3.63) is 35.1 Å². The van der Waals surface area contributed by atoms with Gasteiger partial charge in [0.05, 0.1) is 12.2 Å². The number of halogens is 1. The quantitative estimate of drug-likeness (QED) is 0.602. The molecule has 80 valence electrons. The third kappa shape index (κ3) is 2.38. The van der Waals surface area contributed by atoms with Crippen LogP contribution in [0.15, 0.2) is 18.2 Å². The molecule has 0 bridgehead atoms. The molecule has 0 saturated heterocycles. The van der Waals surface area contributed by atoms with Gasteiger partial charge in [-0.25, -0.2) is 9.18 Å². The van der Waals surface area contributed by atoms with Crippen LogP contribution in [0.25, 0.3) is 0 Å².